The Morgan fingerprint density at radius 2 is 1.04 bits per heavy atom. The molecule has 1 aliphatic carbocycles. The maximum absolute atomic E-state index is 5.05. The third kappa shape index (κ3) is 3.93. The molecular weight excluding hydrogens is 571 g/mol. The van der Waals surface area contributed by atoms with Gasteiger partial charge in [0.05, 0.1) is 22.4 Å². The molecule has 0 radical (unpaired) electrons. The van der Waals surface area contributed by atoms with Gasteiger partial charge in [-0.15, -0.1) is 0 Å². The molecule has 0 fully saturated rings. The first-order chi connectivity index (χ1) is 23.3. The molecule has 10 rings (SSSR count). The van der Waals surface area contributed by atoms with Crippen LogP contribution in [-0.2, 0) is 0 Å². The third-order valence-corrected chi connectivity index (χ3v) is 9.55. The van der Waals surface area contributed by atoms with Crippen LogP contribution in [0.25, 0.3) is 94.4 Å². The van der Waals surface area contributed by atoms with Crippen LogP contribution >= 0.6 is 0 Å². The molecule has 0 atom stereocenters. The van der Waals surface area contributed by atoms with Crippen LogP contribution in [0.1, 0.15) is 0 Å². The van der Waals surface area contributed by atoms with Gasteiger partial charge in [0.15, 0.2) is 5.82 Å². The molecule has 47 heavy (non-hydrogen) atoms. The van der Waals surface area contributed by atoms with Gasteiger partial charge >= 0.3 is 0 Å². The quantitative estimate of drug-likeness (QED) is 0.202. The number of aromatic nitrogens is 3. The second kappa shape index (κ2) is 10.1. The van der Waals surface area contributed by atoms with Crippen LogP contribution in [0.5, 0.6) is 0 Å². The fraction of sp³-hybridized carbons (Fsp3) is 0. The van der Waals surface area contributed by atoms with E-state index in [1.54, 1.807) is 0 Å². The number of hydrogen-bond acceptors (Lipinski definition) is 2. The summed E-state index contributed by atoms with van der Waals surface area (Å²) in [6.45, 7) is 0. The van der Waals surface area contributed by atoms with Crippen molar-refractivity contribution in [3.63, 3.8) is 0 Å². The Morgan fingerprint density at radius 1 is 0.404 bits per heavy atom. The van der Waals surface area contributed by atoms with E-state index in [1.165, 1.54) is 54.8 Å². The van der Waals surface area contributed by atoms with Crippen LogP contribution in [0, 0.1) is 0 Å². The van der Waals surface area contributed by atoms with E-state index in [0.29, 0.717) is 0 Å². The highest BCUT2D eigenvalue weighted by atomic mass is 15.0. The van der Waals surface area contributed by atoms with Gasteiger partial charge in [0, 0.05) is 38.7 Å². The van der Waals surface area contributed by atoms with Crippen molar-refractivity contribution in [3.8, 4) is 61.8 Å². The van der Waals surface area contributed by atoms with Gasteiger partial charge in [-0.1, -0.05) is 133 Å². The van der Waals surface area contributed by atoms with Gasteiger partial charge < -0.3 is 4.57 Å². The number of benzene rings is 7. The molecule has 2 aromatic heterocycles. The Morgan fingerprint density at radius 3 is 1.79 bits per heavy atom. The molecule has 2 heterocycles. The number of hydrogen-bond donors (Lipinski definition) is 0. The van der Waals surface area contributed by atoms with Crippen LogP contribution in [0.15, 0.2) is 164 Å². The van der Waals surface area contributed by atoms with E-state index in [-0.39, 0.29) is 0 Å². The van der Waals surface area contributed by atoms with E-state index in [0.717, 1.165) is 39.6 Å². The molecule has 9 aromatic rings. The average Bonchev–Trinajstić information content (AvgIpc) is 3.66. The molecule has 0 bridgehead atoms. The lowest BCUT2D eigenvalue weighted by atomic mass is 9.98. The van der Waals surface area contributed by atoms with Crippen LogP contribution in [0.3, 0.4) is 0 Å². The Labute approximate surface area is 272 Å². The summed E-state index contributed by atoms with van der Waals surface area (Å²) in [7, 11) is 0. The predicted octanol–water partition coefficient (Wildman–Crippen LogP) is 11.4. The Bertz CT molecular complexity index is 2590. The number of fused-ring (bicyclic) bond motifs is 7. The van der Waals surface area contributed by atoms with Crippen molar-refractivity contribution < 1.29 is 0 Å². The normalized spacial score (nSPS) is 11.8. The summed E-state index contributed by atoms with van der Waals surface area (Å²) >= 11 is 0. The molecule has 1 aliphatic rings. The van der Waals surface area contributed by atoms with Gasteiger partial charge in [-0.3, -0.25) is 0 Å². The lowest BCUT2D eigenvalue weighted by Crippen LogP contribution is -1.97. The molecule has 0 spiro atoms. The molecule has 218 valence electrons. The zero-order chi connectivity index (χ0) is 30.9. The maximum Gasteiger partial charge on any atom is 0.160 e. The summed E-state index contributed by atoms with van der Waals surface area (Å²) in [5.41, 5.74) is 13.8. The fourth-order valence-corrected chi connectivity index (χ4v) is 7.47. The Kier molecular flexibility index (Phi) is 5.57. The van der Waals surface area contributed by atoms with Crippen molar-refractivity contribution in [1.82, 2.24) is 14.5 Å². The topological polar surface area (TPSA) is 30.7 Å². The van der Waals surface area contributed by atoms with E-state index in [1.807, 2.05) is 36.4 Å². The minimum Gasteiger partial charge on any atom is -0.309 e. The van der Waals surface area contributed by atoms with Gasteiger partial charge in [0.1, 0.15) is 0 Å². The summed E-state index contributed by atoms with van der Waals surface area (Å²) in [4.78, 5) is 10.0. The van der Waals surface area contributed by atoms with E-state index >= 15 is 0 Å². The fourth-order valence-electron chi connectivity index (χ4n) is 7.47. The molecule has 3 heteroatoms. The first-order valence-corrected chi connectivity index (χ1v) is 16.0. The second-order valence-corrected chi connectivity index (χ2v) is 12.2. The molecular formula is C44H27N3. The van der Waals surface area contributed by atoms with Crippen LogP contribution in [-0.4, -0.2) is 14.5 Å². The first kappa shape index (κ1) is 26.0. The monoisotopic (exact) mass is 597 g/mol. The summed E-state index contributed by atoms with van der Waals surface area (Å²) in [6, 6.07) is 58.2. The zero-order valence-corrected chi connectivity index (χ0v) is 25.4. The minimum atomic E-state index is 0.721. The smallest absolute Gasteiger partial charge is 0.160 e. The van der Waals surface area contributed by atoms with Gasteiger partial charge in [0.2, 0.25) is 0 Å². The molecule has 0 amide bonds. The Balaban J connectivity index is 1.15. The molecule has 0 aliphatic heterocycles. The minimum absolute atomic E-state index is 0.721. The number of para-hydroxylation sites is 1. The van der Waals surface area contributed by atoms with Crippen LogP contribution in [0.4, 0.5) is 0 Å². The van der Waals surface area contributed by atoms with Crippen molar-refractivity contribution >= 4 is 32.6 Å². The van der Waals surface area contributed by atoms with E-state index in [9.17, 15) is 0 Å². The van der Waals surface area contributed by atoms with E-state index in [4.69, 9.17) is 9.97 Å². The lowest BCUT2D eigenvalue weighted by molar-refractivity contribution is 1.17. The lowest BCUT2D eigenvalue weighted by Gasteiger charge is -2.12. The highest BCUT2D eigenvalue weighted by Gasteiger charge is 2.26. The van der Waals surface area contributed by atoms with Gasteiger partial charge in [-0.25, -0.2) is 9.97 Å². The van der Waals surface area contributed by atoms with E-state index in [2.05, 4.69) is 132 Å². The van der Waals surface area contributed by atoms with Crippen molar-refractivity contribution in [2.45, 2.75) is 0 Å². The first-order valence-electron chi connectivity index (χ1n) is 16.0. The van der Waals surface area contributed by atoms with Crippen molar-refractivity contribution in [2.24, 2.45) is 0 Å². The largest absolute Gasteiger partial charge is 0.309 e. The SMILES string of the molecule is c1ccc(-c2cc(-c3ccc(-n4c5ccccc5c5c6c(ccc54)-c4cccc5cccc-6c45)cc3)nc(-c3ccccc3)n2)cc1. The molecule has 0 N–H and O–H groups in total. The molecule has 0 saturated heterocycles. The number of nitrogens with zero attached hydrogens (tertiary/aromatic N) is 3. The van der Waals surface area contributed by atoms with Gasteiger partial charge in [0.25, 0.3) is 0 Å². The summed E-state index contributed by atoms with van der Waals surface area (Å²) in [5.74, 6) is 0.721. The van der Waals surface area contributed by atoms with Crippen molar-refractivity contribution in [3.05, 3.63) is 164 Å². The van der Waals surface area contributed by atoms with Crippen LogP contribution in [0.2, 0.25) is 0 Å². The molecule has 3 nitrogen and oxygen atoms in total. The molecule has 0 unspecified atom stereocenters. The highest BCUT2D eigenvalue weighted by Crippen LogP contribution is 2.52. The second-order valence-electron chi connectivity index (χ2n) is 12.2. The number of rotatable bonds is 4. The molecule has 0 saturated carbocycles. The Hall–Kier alpha value is -6.32. The zero-order valence-electron chi connectivity index (χ0n) is 25.4. The average molecular weight is 598 g/mol. The standard InChI is InChI=1S/C44H27N3/c1-3-11-28(12-4-1)37-27-38(46-44(45-37)31-13-5-2-6-14-31)29-21-23-32(24-22-29)47-39-20-8-7-17-35(39)43-40(47)26-25-34-33-18-9-15-30-16-10-19-36(41(30)33)42(34)43/h1-27H. The van der Waals surface area contributed by atoms with Gasteiger partial charge in [-0.05, 0) is 57.8 Å². The van der Waals surface area contributed by atoms with Crippen molar-refractivity contribution in [2.75, 3.05) is 0 Å². The third-order valence-electron chi connectivity index (χ3n) is 9.55. The van der Waals surface area contributed by atoms with Crippen molar-refractivity contribution in [1.29, 1.82) is 0 Å². The van der Waals surface area contributed by atoms with Gasteiger partial charge in [-0.2, -0.15) is 0 Å². The summed E-state index contributed by atoms with van der Waals surface area (Å²) in [5, 5.41) is 5.22. The maximum atomic E-state index is 5.05. The summed E-state index contributed by atoms with van der Waals surface area (Å²) in [6.07, 6.45) is 0. The predicted molar refractivity (Wildman–Crippen MR) is 195 cm³/mol. The highest BCUT2D eigenvalue weighted by molar-refractivity contribution is 6.26. The summed E-state index contributed by atoms with van der Waals surface area (Å²) < 4.78 is 2.41. The van der Waals surface area contributed by atoms with Crippen LogP contribution < -0.4 is 0 Å². The molecule has 7 aromatic carbocycles. The van der Waals surface area contributed by atoms with E-state index < -0.39 is 0 Å².